The van der Waals surface area contributed by atoms with Gasteiger partial charge in [-0.25, -0.2) is 4.98 Å². The van der Waals surface area contributed by atoms with Crippen molar-refractivity contribution in [3.05, 3.63) is 18.3 Å². The summed E-state index contributed by atoms with van der Waals surface area (Å²) in [6.45, 7) is 0.464. The highest BCUT2D eigenvalue weighted by Crippen LogP contribution is 2.22. The topological polar surface area (TPSA) is 50.9 Å². The molecule has 1 rings (SSSR count). The Morgan fingerprint density at radius 3 is 2.69 bits per heavy atom. The smallest absolute Gasteiger partial charge is 0.382 e. The van der Waals surface area contributed by atoms with Crippen LogP contribution >= 0.6 is 0 Å². The van der Waals surface area contributed by atoms with Crippen molar-refractivity contribution in [1.82, 2.24) is 4.98 Å². The molecule has 0 saturated heterocycles. The summed E-state index contributed by atoms with van der Waals surface area (Å²) in [6, 6.07) is 3.46. The molecule has 0 amide bonds. The van der Waals surface area contributed by atoms with Gasteiger partial charge in [0.05, 0.1) is 5.69 Å². The molecule has 0 aliphatic carbocycles. The molecule has 3 N–H and O–H groups in total. The van der Waals surface area contributed by atoms with E-state index in [1.807, 2.05) is 0 Å². The van der Waals surface area contributed by atoms with Gasteiger partial charge in [-0.05, 0) is 25.0 Å². The van der Waals surface area contributed by atoms with Crippen molar-refractivity contribution < 1.29 is 13.2 Å². The molecular formula is C10H14F3N3. The van der Waals surface area contributed by atoms with E-state index in [0.717, 1.165) is 0 Å². The second-order valence-corrected chi connectivity index (χ2v) is 3.44. The van der Waals surface area contributed by atoms with Crippen LogP contribution in [0.15, 0.2) is 18.3 Å². The van der Waals surface area contributed by atoms with Gasteiger partial charge < -0.3 is 11.1 Å². The first-order valence-corrected chi connectivity index (χ1v) is 5.00. The van der Waals surface area contributed by atoms with Gasteiger partial charge in [0, 0.05) is 19.2 Å². The van der Waals surface area contributed by atoms with Crippen LogP contribution in [0.2, 0.25) is 0 Å². The normalized spacial score (nSPS) is 11.4. The molecule has 0 atom stereocenters. The number of unbranched alkanes of at least 4 members (excludes halogenated alkanes) is 1. The quantitative estimate of drug-likeness (QED) is 0.769. The van der Waals surface area contributed by atoms with Crippen molar-refractivity contribution in [3.63, 3.8) is 0 Å². The van der Waals surface area contributed by atoms with Crippen LogP contribution in [0.25, 0.3) is 0 Å². The second kappa shape index (κ2) is 5.58. The van der Waals surface area contributed by atoms with Crippen LogP contribution in [0.3, 0.4) is 0 Å². The number of aromatic nitrogens is 1. The van der Waals surface area contributed by atoms with Crippen LogP contribution in [0.5, 0.6) is 0 Å². The number of rotatable bonds is 5. The highest BCUT2D eigenvalue weighted by Gasteiger charge is 2.25. The lowest BCUT2D eigenvalue weighted by atomic mass is 10.2. The van der Waals surface area contributed by atoms with E-state index in [4.69, 9.17) is 5.73 Å². The zero-order chi connectivity index (χ0) is 12.0. The van der Waals surface area contributed by atoms with Crippen LogP contribution in [0.4, 0.5) is 24.7 Å². The highest BCUT2D eigenvalue weighted by molar-refractivity contribution is 5.60. The van der Waals surface area contributed by atoms with Gasteiger partial charge >= 0.3 is 6.18 Å². The molecule has 0 spiro atoms. The standard InChI is InChI=1S/C10H14F3N3/c11-10(12,13)5-1-2-6-15-8-4-3-7-16-9(8)14/h3-4,7,15H,1-2,5-6H2,(H2,14,16). The summed E-state index contributed by atoms with van der Waals surface area (Å²) in [7, 11) is 0. The van der Waals surface area contributed by atoms with E-state index < -0.39 is 12.6 Å². The van der Waals surface area contributed by atoms with Gasteiger partial charge in [0.2, 0.25) is 0 Å². The van der Waals surface area contributed by atoms with Crippen LogP contribution in [-0.4, -0.2) is 17.7 Å². The van der Waals surface area contributed by atoms with Crippen molar-refractivity contribution in [1.29, 1.82) is 0 Å². The fourth-order valence-corrected chi connectivity index (χ4v) is 1.24. The Morgan fingerprint density at radius 1 is 1.31 bits per heavy atom. The van der Waals surface area contributed by atoms with Gasteiger partial charge in [-0.2, -0.15) is 13.2 Å². The average Bonchev–Trinajstić information content (AvgIpc) is 2.18. The summed E-state index contributed by atoms with van der Waals surface area (Å²) < 4.78 is 35.5. The predicted molar refractivity (Wildman–Crippen MR) is 57.0 cm³/mol. The third kappa shape index (κ3) is 4.86. The lowest BCUT2D eigenvalue weighted by Gasteiger charge is -2.09. The molecular weight excluding hydrogens is 219 g/mol. The zero-order valence-electron chi connectivity index (χ0n) is 8.72. The zero-order valence-corrected chi connectivity index (χ0v) is 8.72. The monoisotopic (exact) mass is 233 g/mol. The third-order valence-electron chi connectivity index (χ3n) is 2.04. The van der Waals surface area contributed by atoms with Crippen LogP contribution < -0.4 is 11.1 Å². The summed E-state index contributed by atoms with van der Waals surface area (Å²) in [5.41, 5.74) is 6.21. The minimum absolute atomic E-state index is 0.122. The number of hydrogen-bond donors (Lipinski definition) is 2. The van der Waals surface area contributed by atoms with Gasteiger partial charge in [-0.15, -0.1) is 0 Å². The van der Waals surface area contributed by atoms with Gasteiger partial charge in [0.15, 0.2) is 0 Å². The molecule has 0 bridgehead atoms. The lowest BCUT2D eigenvalue weighted by molar-refractivity contribution is -0.135. The Balaban J connectivity index is 2.19. The fourth-order valence-electron chi connectivity index (χ4n) is 1.24. The number of halogens is 3. The Hall–Kier alpha value is -1.46. The molecule has 0 aliphatic rings. The predicted octanol–water partition coefficient (Wildman–Crippen LogP) is 2.81. The van der Waals surface area contributed by atoms with Crippen LogP contribution in [0.1, 0.15) is 19.3 Å². The molecule has 0 aromatic carbocycles. The summed E-state index contributed by atoms with van der Waals surface area (Å²) in [6.07, 6.45) is -2.67. The molecule has 6 heteroatoms. The van der Waals surface area contributed by atoms with E-state index in [-0.39, 0.29) is 6.42 Å². The Kier molecular flexibility index (Phi) is 4.39. The Labute approximate surface area is 91.9 Å². The summed E-state index contributed by atoms with van der Waals surface area (Å²) >= 11 is 0. The molecule has 3 nitrogen and oxygen atoms in total. The van der Waals surface area contributed by atoms with Gasteiger partial charge in [-0.3, -0.25) is 0 Å². The molecule has 1 heterocycles. The number of nitrogens with two attached hydrogens (primary N) is 1. The first kappa shape index (κ1) is 12.6. The van der Waals surface area contributed by atoms with Crippen molar-refractivity contribution >= 4 is 11.5 Å². The maximum atomic E-state index is 11.8. The second-order valence-electron chi connectivity index (χ2n) is 3.44. The maximum Gasteiger partial charge on any atom is 0.389 e. The minimum atomic E-state index is -4.06. The molecule has 1 aromatic heterocycles. The third-order valence-corrected chi connectivity index (χ3v) is 2.04. The summed E-state index contributed by atoms with van der Waals surface area (Å²) in [4.78, 5) is 3.85. The molecule has 0 saturated carbocycles. The van der Waals surface area contributed by atoms with E-state index in [9.17, 15) is 13.2 Å². The minimum Gasteiger partial charge on any atom is -0.382 e. The fraction of sp³-hybridized carbons (Fsp3) is 0.500. The first-order chi connectivity index (χ1) is 7.49. The van der Waals surface area contributed by atoms with Gasteiger partial charge in [-0.1, -0.05) is 0 Å². The Bertz CT molecular complexity index is 325. The van der Waals surface area contributed by atoms with Crippen LogP contribution in [-0.2, 0) is 0 Å². The molecule has 1 aromatic rings. The van der Waals surface area contributed by atoms with Crippen molar-refractivity contribution in [2.24, 2.45) is 0 Å². The summed E-state index contributed by atoms with van der Waals surface area (Å²) in [5, 5.41) is 2.94. The number of anilines is 2. The van der Waals surface area contributed by atoms with Crippen molar-refractivity contribution in [2.75, 3.05) is 17.6 Å². The number of nitrogens with one attached hydrogen (secondary N) is 1. The highest BCUT2D eigenvalue weighted by atomic mass is 19.4. The molecule has 0 unspecified atom stereocenters. The van der Waals surface area contributed by atoms with Gasteiger partial charge in [0.1, 0.15) is 5.82 Å². The largest absolute Gasteiger partial charge is 0.389 e. The van der Waals surface area contributed by atoms with E-state index >= 15 is 0 Å². The average molecular weight is 233 g/mol. The summed E-state index contributed by atoms with van der Waals surface area (Å²) in [5.74, 6) is 0.360. The van der Waals surface area contributed by atoms with Crippen LogP contribution in [0, 0.1) is 0 Å². The van der Waals surface area contributed by atoms with Gasteiger partial charge in [0.25, 0.3) is 0 Å². The number of alkyl halides is 3. The maximum absolute atomic E-state index is 11.8. The lowest BCUT2D eigenvalue weighted by Crippen LogP contribution is -2.09. The molecule has 0 fully saturated rings. The van der Waals surface area contributed by atoms with E-state index in [2.05, 4.69) is 10.3 Å². The molecule has 90 valence electrons. The number of pyridine rings is 1. The van der Waals surface area contributed by atoms with E-state index in [1.165, 1.54) is 0 Å². The van der Waals surface area contributed by atoms with Crippen molar-refractivity contribution in [2.45, 2.75) is 25.4 Å². The number of hydrogen-bond acceptors (Lipinski definition) is 3. The number of nitrogen functional groups attached to an aromatic ring is 1. The Morgan fingerprint density at radius 2 is 2.06 bits per heavy atom. The SMILES string of the molecule is Nc1ncccc1NCCCCC(F)(F)F. The van der Waals surface area contributed by atoms with E-state index in [0.29, 0.717) is 24.5 Å². The first-order valence-electron chi connectivity index (χ1n) is 5.00. The molecule has 0 aliphatic heterocycles. The molecule has 0 radical (unpaired) electrons. The number of nitrogens with zero attached hydrogens (tertiary/aromatic N) is 1. The molecule has 16 heavy (non-hydrogen) atoms. The van der Waals surface area contributed by atoms with Crippen molar-refractivity contribution in [3.8, 4) is 0 Å². The van der Waals surface area contributed by atoms with E-state index in [1.54, 1.807) is 18.3 Å².